The van der Waals surface area contributed by atoms with Crippen molar-refractivity contribution < 1.29 is 14.3 Å². The molecule has 0 heterocycles. The first kappa shape index (κ1) is 17.7. The van der Waals surface area contributed by atoms with Gasteiger partial charge in [0.25, 0.3) is 0 Å². The van der Waals surface area contributed by atoms with Gasteiger partial charge in [0, 0.05) is 13.7 Å². The van der Waals surface area contributed by atoms with Gasteiger partial charge in [0.1, 0.15) is 11.8 Å². The van der Waals surface area contributed by atoms with E-state index in [0.717, 1.165) is 11.3 Å². The summed E-state index contributed by atoms with van der Waals surface area (Å²) in [7, 11) is 1.51. The van der Waals surface area contributed by atoms with Gasteiger partial charge in [0.2, 0.25) is 5.91 Å². The standard InChI is InChI=1S/C13H20N2O3.ClH/c1-3-18-11-6-4-10(5-7-11)8-15-13(16)12(14)9-17-2;/h4-7,12H,3,8-9,14H2,1-2H3,(H,15,16);1H. The smallest absolute Gasteiger partial charge is 0.239 e. The van der Waals surface area contributed by atoms with Gasteiger partial charge in [-0.25, -0.2) is 0 Å². The Morgan fingerprint density at radius 1 is 1.37 bits per heavy atom. The number of halogens is 1. The molecule has 0 aromatic heterocycles. The summed E-state index contributed by atoms with van der Waals surface area (Å²) in [5.41, 5.74) is 6.60. The van der Waals surface area contributed by atoms with E-state index >= 15 is 0 Å². The molecule has 0 bridgehead atoms. The Morgan fingerprint density at radius 3 is 2.53 bits per heavy atom. The van der Waals surface area contributed by atoms with E-state index in [-0.39, 0.29) is 24.9 Å². The second kappa shape index (κ2) is 9.61. The molecule has 0 aliphatic carbocycles. The molecule has 1 aromatic rings. The summed E-state index contributed by atoms with van der Waals surface area (Å²) in [6, 6.07) is 6.94. The third-order valence-corrected chi connectivity index (χ3v) is 2.38. The van der Waals surface area contributed by atoms with Crippen LogP contribution in [0.25, 0.3) is 0 Å². The number of carbonyl (C=O) groups excluding carboxylic acids is 1. The molecular formula is C13H21ClN2O3. The van der Waals surface area contributed by atoms with Gasteiger partial charge in [0.15, 0.2) is 0 Å². The maximum Gasteiger partial charge on any atom is 0.239 e. The van der Waals surface area contributed by atoms with E-state index in [1.165, 1.54) is 7.11 Å². The largest absolute Gasteiger partial charge is 0.494 e. The lowest BCUT2D eigenvalue weighted by Crippen LogP contribution is -2.43. The number of amides is 1. The number of nitrogens with two attached hydrogens (primary N) is 1. The average molecular weight is 289 g/mol. The molecule has 0 fully saturated rings. The predicted octanol–water partition coefficient (Wildman–Crippen LogP) is 1.10. The molecular weight excluding hydrogens is 268 g/mol. The quantitative estimate of drug-likeness (QED) is 0.788. The molecule has 0 aliphatic rings. The predicted molar refractivity (Wildman–Crippen MR) is 76.6 cm³/mol. The Labute approximate surface area is 119 Å². The van der Waals surface area contributed by atoms with E-state index < -0.39 is 6.04 Å². The Kier molecular flexibility index (Phi) is 8.95. The number of hydrogen-bond acceptors (Lipinski definition) is 4. The van der Waals surface area contributed by atoms with Crippen molar-refractivity contribution in [2.45, 2.75) is 19.5 Å². The van der Waals surface area contributed by atoms with Crippen LogP contribution in [0.4, 0.5) is 0 Å². The molecule has 1 rings (SSSR count). The molecule has 6 heteroatoms. The summed E-state index contributed by atoms with van der Waals surface area (Å²) in [5.74, 6) is 0.606. The van der Waals surface area contributed by atoms with Gasteiger partial charge in [-0.3, -0.25) is 4.79 Å². The average Bonchev–Trinajstić information content (AvgIpc) is 2.38. The van der Waals surface area contributed by atoms with Crippen molar-refractivity contribution in [1.82, 2.24) is 5.32 Å². The Bertz CT molecular complexity index is 371. The summed E-state index contributed by atoms with van der Waals surface area (Å²) >= 11 is 0. The van der Waals surface area contributed by atoms with Crippen LogP contribution in [0, 0.1) is 0 Å². The number of nitrogens with one attached hydrogen (secondary N) is 1. The van der Waals surface area contributed by atoms with Crippen LogP contribution in [0.5, 0.6) is 5.75 Å². The van der Waals surface area contributed by atoms with Crippen molar-refractivity contribution in [2.24, 2.45) is 5.73 Å². The molecule has 1 unspecified atom stereocenters. The van der Waals surface area contributed by atoms with Crippen LogP contribution in [-0.4, -0.2) is 32.3 Å². The lowest BCUT2D eigenvalue weighted by molar-refractivity contribution is -0.123. The third kappa shape index (κ3) is 6.42. The number of hydrogen-bond donors (Lipinski definition) is 2. The number of methoxy groups -OCH3 is 1. The summed E-state index contributed by atoms with van der Waals surface area (Å²) in [5, 5.41) is 2.75. The maximum atomic E-state index is 11.5. The summed E-state index contributed by atoms with van der Waals surface area (Å²) < 4.78 is 10.1. The molecule has 0 radical (unpaired) electrons. The van der Waals surface area contributed by atoms with E-state index in [9.17, 15) is 4.79 Å². The van der Waals surface area contributed by atoms with E-state index in [0.29, 0.717) is 13.2 Å². The minimum absolute atomic E-state index is 0. The fourth-order valence-electron chi connectivity index (χ4n) is 1.45. The fraction of sp³-hybridized carbons (Fsp3) is 0.462. The number of ether oxygens (including phenoxy) is 2. The second-order valence-corrected chi connectivity index (χ2v) is 3.86. The third-order valence-electron chi connectivity index (χ3n) is 2.38. The molecule has 5 nitrogen and oxygen atoms in total. The lowest BCUT2D eigenvalue weighted by atomic mass is 10.2. The molecule has 0 saturated heterocycles. The highest BCUT2D eigenvalue weighted by atomic mass is 35.5. The lowest BCUT2D eigenvalue weighted by Gasteiger charge is -2.11. The first-order chi connectivity index (χ1) is 8.67. The zero-order valence-electron chi connectivity index (χ0n) is 11.2. The summed E-state index contributed by atoms with van der Waals surface area (Å²) in [6.07, 6.45) is 0. The van der Waals surface area contributed by atoms with Crippen molar-refractivity contribution in [3.63, 3.8) is 0 Å². The van der Waals surface area contributed by atoms with E-state index in [1.54, 1.807) is 0 Å². The zero-order chi connectivity index (χ0) is 13.4. The molecule has 19 heavy (non-hydrogen) atoms. The van der Waals surface area contributed by atoms with E-state index in [4.69, 9.17) is 15.2 Å². The highest BCUT2D eigenvalue weighted by molar-refractivity contribution is 5.85. The summed E-state index contributed by atoms with van der Waals surface area (Å²) in [6.45, 7) is 3.24. The Hall–Kier alpha value is -1.30. The van der Waals surface area contributed by atoms with Crippen molar-refractivity contribution in [1.29, 1.82) is 0 Å². The van der Waals surface area contributed by atoms with E-state index in [2.05, 4.69) is 5.32 Å². The number of rotatable bonds is 7. The number of benzene rings is 1. The van der Waals surface area contributed by atoms with Gasteiger partial charge in [-0.2, -0.15) is 0 Å². The van der Waals surface area contributed by atoms with Crippen LogP contribution in [0.15, 0.2) is 24.3 Å². The Morgan fingerprint density at radius 2 is 2.00 bits per heavy atom. The maximum absolute atomic E-state index is 11.5. The van der Waals surface area contributed by atoms with Gasteiger partial charge in [-0.1, -0.05) is 12.1 Å². The summed E-state index contributed by atoms with van der Waals surface area (Å²) in [4.78, 5) is 11.5. The van der Waals surface area contributed by atoms with Crippen LogP contribution in [0.3, 0.4) is 0 Å². The van der Waals surface area contributed by atoms with Crippen molar-refractivity contribution in [2.75, 3.05) is 20.3 Å². The topological polar surface area (TPSA) is 73.6 Å². The van der Waals surface area contributed by atoms with Crippen LogP contribution >= 0.6 is 12.4 Å². The van der Waals surface area contributed by atoms with Gasteiger partial charge >= 0.3 is 0 Å². The van der Waals surface area contributed by atoms with Crippen LogP contribution in [0.2, 0.25) is 0 Å². The normalized spacial score (nSPS) is 11.3. The van der Waals surface area contributed by atoms with Crippen LogP contribution < -0.4 is 15.8 Å². The minimum atomic E-state index is -0.627. The highest BCUT2D eigenvalue weighted by Crippen LogP contribution is 2.11. The van der Waals surface area contributed by atoms with Gasteiger partial charge in [-0.05, 0) is 24.6 Å². The van der Waals surface area contributed by atoms with Crippen molar-refractivity contribution >= 4 is 18.3 Å². The first-order valence-corrected chi connectivity index (χ1v) is 5.91. The van der Waals surface area contributed by atoms with Crippen LogP contribution in [-0.2, 0) is 16.1 Å². The Balaban J connectivity index is 0.00000324. The minimum Gasteiger partial charge on any atom is -0.494 e. The monoisotopic (exact) mass is 288 g/mol. The molecule has 1 aromatic carbocycles. The molecule has 0 saturated carbocycles. The van der Waals surface area contributed by atoms with E-state index in [1.807, 2.05) is 31.2 Å². The molecule has 0 spiro atoms. The first-order valence-electron chi connectivity index (χ1n) is 5.91. The van der Waals surface area contributed by atoms with Crippen LogP contribution in [0.1, 0.15) is 12.5 Å². The molecule has 1 atom stereocenters. The van der Waals surface area contributed by atoms with Crippen molar-refractivity contribution in [3.8, 4) is 5.75 Å². The molecule has 1 amide bonds. The molecule has 0 aliphatic heterocycles. The fourth-order valence-corrected chi connectivity index (χ4v) is 1.45. The SMILES string of the molecule is CCOc1ccc(CNC(=O)C(N)COC)cc1.Cl. The van der Waals surface area contributed by atoms with Gasteiger partial charge in [-0.15, -0.1) is 12.4 Å². The highest BCUT2D eigenvalue weighted by Gasteiger charge is 2.11. The second-order valence-electron chi connectivity index (χ2n) is 3.86. The number of carbonyl (C=O) groups is 1. The van der Waals surface area contributed by atoms with Crippen molar-refractivity contribution in [3.05, 3.63) is 29.8 Å². The molecule has 3 N–H and O–H groups in total. The molecule has 108 valence electrons. The zero-order valence-corrected chi connectivity index (χ0v) is 12.0. The van der Waals surface area contributed by atoms with Gasteiger partial charge in [0.05, 0.1) is 13.2 Å². The van der Waals surface area contributed by atoms with Gasteiger partial charge < -0.3 is 20.5 Å².